The highest BCUT2D eigenvalue weighted by molar-refractivity contribution is 5.87. The minimum absolute atomic E-state index is 0.0401. The molecule has 0 radical (unpaired) electrons. The van der Waals surface area contributed by atoms with Crippen LogP contribution in [-0.4, -0.2) is 46.9 Å². The molecule has 1 fully saturated rings. The molecule has 1 aliphatic carbocycles. The van der Waals surface area contributed by atoms with E-state index in [0.717, 1.165) is 6.42 Å². The number of hydrogen-bond acceptors (Lipinski definition) is 3. The van der Waals surface area contributed by atoms with Crippen molar-refractivity contribution in [3.63, 3.8) is 0 Å². The molecule has 0 aromatic heterocycles. The Hall–Kier alpha value is -1.59. The molecular formula is C13H22N2O4. The van der Waals surface area contributed by atoms with Crippen molar-refractivity contribution in [1.29, 1.82) is 0 Å². The number of amides is 2. The molecule has 0 aromatic rings. The largest absolute Gasteiger partial charge is 0.480 e. The molecule has 2 atom stereocenters. The Bertz CT molecular complexity index is 392. The van der Waals surface area contributed by atoms with Gasteiger partial charge in [0.2, 0.25) is 11.8 Å². The molecule has 6 heteroatoms. The van der Waals surface area contributed by atoms with Crippen LogP contribution in [0.2, 0.25) is 0 Å². The van der Waals surface area contributed by atoms with Crippen LogP contribution >= 0.6 is 0 Å². The van der Waals surface area contributed by atoms with Gasteiger partial charge in [-0.05, 0) is 18.8 Å². The Morgan fingerprint density at radius 3 is 2.32 bits per heavy atom. The molecule has 0 aromatic carbocycles. The van der Waals surface area contributed by atoms with Crippen molar-refractivity contribution >= 4 is 17.8 Å². The third-order valence-electron chi connectivity index (χ3n) is 3.65. The number of hydrogen-bond donors (Lipinski definition) is 2. The number of rotatable bonds is 6. The molecule has 2 N–H and O–H groups in total. The molecule has 0 aliphatic heterocycles. The van der Waals surface area contributed by atoms with E-state index in [9.17, 15) is 14.4 Å². The molecule has 19 heavy (non-hydrogen) atoms. The van der Waals surface area contributed by atoms with Crippen molar-refractivity contribution in [2.24, 2.45) is 11.3 Å². The lowest BCUT2D eigenvalue weighted by molar-refractivity contribution is -0.150. The average molecular weight is 270 g/mol. The smallest absolute Gasteiger partial charge is 0.326 e. The summed E-state index contributed by atoms with van der Waals surface area (Å²) < 4.78 is 0. The molecule has 0 bridgehead atoms. The van der Waals surface area contributed by atoms with Crippen LogP contribution in [0.5, 0.6) is 0 Å². The molecule has 1 saturated carbocycles. The van der Waals surface area contributed by atoms with Crippen LogP contribution in [0.3, 0.4) is 0 Å². The maximum Gasteiger partial charge on any atom is 0.326 e. The van der Waals surface area contributed by atoms with Gasteiger partial charge in [0.05, 0.1) is 0 Å². The first-order chi connectivity index (χ1) is 8.66. The Labute approximate surface area is 113 Å². The summed E-state index contributed by atoms with van der Waals surface area (Å²) >= 11 is 0. The van der Waals surface area contributed by atoms with E-state index in [1.54, 1.807) is 0 Å². The average Bonchev–Trinajstić information content (AvgIpc) is 2.92. The van der Waals surface area contributed by atoms with Gasteiger partial charge in [0.25, 0.3) is 0 Å². The first-order valence-electron chi connectivity index (χ1n) is 6.44. The fourth-order valence-electron chi connectivity index (χ4n) is 2.07. The molecule has 6 nitrogen and oxygen atoms in total. The lowest BCUT2D eigenvalue weighted by Gasteiger charge is -2.27. The van der Waals surface area contributed by atoms with Gasteiger partial charge in [-0.1, -0.05) is 13.8 Å². The molecule has 1 rings (SSSR count). The van der Waals surface area contributed by atoms with E-state index >= 15 is 0 Å². The first kappa shape index (κ1) is 15.5. The van der Waals surface area contributed by atoms with Crippen LogP contribution in [0.15, 0.2) is 0 Å². The van der Waals surface area contributed by atoms with E-state index < -0.39 is 12.0 Å². The second kappa shape index (κ2) is 5.59. The Morgan fingerprint density at radius 2 is 1.95 bits per heavy atom. The van der Waals surface area contributed by atoms with E-state index in [0.29, 0.717) is 0 Å². The molecule has 2 amide bonds. The standard InChI is InChI=1S/C13H22N2O4/c1-8(12(18)19)15(6-5-14-9(2)16)11(17)10-7-13(10,3)4/h8,10H,5-7H2,1-4H3,(H,14,16)(H,18,19)/t8?,10-/m1/s1. The number of carboxylic acids is 1. The summed E-state index contributed by atoms with van der Waals surface area (Å²) in [5.41, 5.74) is -0.0401. The number of nitrogens with zero attached hydrogens (tertiary/aromatic N) is 1. The van der Waals surface area contributed by atoms with Gasteiger partial charge in [-0.2, -0.15) is 0 Å². The zero-order chi connectivity index (χ0) is 14.8. The Morgan fingerprint density at radius 1 is 1.42 bits per heavy atom. The van der Waals surface area contributed by atoms with Gasteiger partial charge in [-0.15, -0.1) is 0 Å². The summed E-state index contributed by atoms with van der Waals surface area (Å²) in [5.74, 6) is -1.46. The number of nitrogens with one attached hydrogen (secondary N) is 1. The summed E-state index contributed by atoms with van der Waals surface area (Å²) in [4.78, 5) is 35.5. The van der Waals surface area contributed by atoms with Crippen LogP contribution in [0.4, 0.5) is 0 Å². The molecular weight excluding hydrogens is 248 g/mol. The van der Waals surface area contributed by atoms with Gasteiger partial charge in [-0.3, -0.25) is 9.59 Å². The number of carboxylic acid groups (broad SMARTS) is 1. The van der Waals surface area contributed by atoms with E-state index in [2.05, 4.69) is 5.32 Å². The maximum atomic E-state index is 12.3. The summed E-state index contributed by atoms with van der Waals surface area (Å²) in [7, 11) is 0. The SMILES string of the molecule is CC(=O)NCCN(C(=O)[C@H]1CC1(C)C)C(C)C(=O)O. The van der Waals surface area contributed by atoms with Gasteiger partial charge in [-0.25, -0.2) is 4.79 Å². The first-order valence-corrected chi connectivity index (χ1v) is 6.44. The molecule has 0 spiro atoms. The van der Waals surface area contributed by atoms with E-state index in [4.69, 9.17) is 5.11 Å². The molecule has 0 saturated heterocycles. The Kier molecular flexibility index (Phi) is 4.55. The molecule has 0 heterocycles. The molecule has 1 aliphatic rings. The summed E-state index contributed by atoms with van der Waals surface area (Å²) in [6, 6.07) is -0.877. The van der Waals surface area contributed by atoms with Crippen molar-refractivity contribution in [2.75, 3.05) is 13.1 Å². The van der Waals surface area contributed by atoms with Gasteiger partial charge < -0.3 is 15.3 Å². The maximum absolute atomic E-state index is 12.3. The normalized spacial score (nSPS) is 21.4. The van der Waals surface area contributed by atoms with Crippen LogP contribution in [0, 0.1) is 11.3 Å². The topological polar surface area (TPSA) is 86.7 Å². The summed E-state index contributed by atoms with van der Waals surface area (Å²) in [5, 5.41) is 11.6. The van der Waals surface area contributed by atoms with Crippen molar-refractivity contribution in [3.05, 3.63) is 0 Å². The fraction of sp³-hybridized carbons (Fsp3) is 0.769. The van der Waals surface area contributed by atoms with Gasteiger partial charge in [0, 0.05) is 25.9 Å². The number of aliphatic carboxylic acids is 1. The minimum Gasteiger partial charge on any atom is -0.480 e. The quantitative estimate of drug-likeness (QED) is 0.734. The van der Waals surface area contributed by atoms with E-state index in [1.807, 2.05) is 13.8 Å². The predicted octanol–water partition coefficient (Wildman–Crippen LogP) is 0.470. The van der Waals surface area contributed by atoms with Gasteiger partial charge in [0.1, 0.15) is 6.04 Å². The van der Waals surface area contributed by atoms with Gasteiger partial charge in [0.15, 0.2) is 0 Å². The van der Waals surface area contributed by atoms with Crippen LogP contribution in [0.1, 0.15) is 34.1 Å². The van der Waals surface area contributed by atoms with Crippen LogP contribution in [0.25, 0.3) is 0 Å². The van der Waals surface area contributed by atoms with Crippen molar-refractivity contribution in [2.45, 2.75) is 40.2 Å². The van der Waals surface area contributed by atoms with Crippen molar-refractivity contribution < 1.29 is 19.5 Å². The summed E-state index contributed by atoms with van der Waals surface area (Å²) in [6.07, 6.45) is 0.787. The van der Waals surface area contributed by atoms with Crippen molar-refractivity contribution in [3.8, 4) is 0 Å². The van der Waals surface area contributed by atoms with E-state index in [1.165, 1.54) is 18.7 Å². The highest BCUT2D eigenvalue weighted by Crippen LogP contribution is 2.52. The van der Waals surface area contributed by atoms with E-state index in [-0.39, 0.29) is 36.2 Å². The fourth-order valence-corrected chi connectivity index (χ4v) is 2.07. The van der Waals surface area contributed by atoms with Crippen molar-refractivity contribution in [1.82, 2.24) is 10.2 Å². The second-order valence-electron chi connectivity index (χ2n) is 5.77. The zero-order valence-electron chi connectivity index (χ0n) is 11.9. The number of carbonyl (C=O) groups excluding carboxylic acids is 2. The third kappa shape index (κ3) is 3.94. The molecule has 1 unspecified atom stereocenters. The monoisotopic (exact) mass is 270 g/mol. The minimum atomic E-state index is -1.03. The molecule has 108 valence electrons. The predicted molar refractivity (Wildman–Crippen MR) is 69.4 cm³/mol. The summed E-state index contributed by atoms with van der Waals surface area (Å²) in [6.45, 7) is 7.35. The Balaban J connectivity index is 2.67. The second-order valence-corrected chi connectivity index (χ2v) is 5.77. The van der Waals surface area contributed by atoms with Crippen LogP contribution in [-0.2, 0) is 14.4 Å². The zero-order valence-corrected chi connectivity index (χ0v) is 11.9. The highest BCUT2D eigenvalue weighted by Gasteiger charge is 2.52. The lowest BCUT2D eigenvalue weighted by Crippen LogP contribution is -2.47. The third-order valence-corrected chi connectivity index (χ3v) is 3.65. The lowest BCUT2D eigenvalue weighted by atomic mass is 10.1. The van der Waals surface area contributed by atoms with Crippen LogP contribution < -0.4 is 5.32 Å². The number of carbonyl (C=O) groups is 3. The highest BCUT2D eigenvalue weighted by atomic mass is 16.4. The van der Waals surface area contributed by atoms with Gasteiger partial charge >= 0.3 is 5.97 Å².